The molecule has 1 aromatic carbocycles. The van der Waals surface area contributed by atoms with E-state index in [1.807, 2.05) is 6.07 Å². The lowest BCUT2D eigenvalue weighted by Gasteiger charge is -2.05. The molecule has 0 radical (unpaired) electrons. The van der Waals surface area contributed by atoms with E-state index < -0.39 is 0 Å². The molecule has 0 saturated heterocycles. The molecule has 0 atom stereocenters. The minimum Gasteiger partial charge on any atom is -0.392 e. The average Bonchev–Trinajstić information content (AvgIpc) is 2.74. The maximum Gasteiger partial charge on any atom is 0.240 e. The number of aromatic nitrogens is 1. The molecule has 2 aromatic rings. The third kappa shape index (κ3) is 2.97. The molecule has 1 aromatic heterocycles. The third-order valence-corrected chi connectivity index (χ3v) is 3.09. The van der Waals surface area contributed by atoms with Crippen LogP contribution in [0.3, 0.4) is 0 Å². The van der Waals surface area contributed by atoms with Gasteiger partial charge in [-0.05, 0) is 12.1 Å². The van der Waals surface area contributed by atoms with Crippen LogP contribution >= 0.6 is 11.6 Å². The molecule has 0 unspecified atom stereocenters. The number of carbonyl (C=O) groups is 1. The largest absolute Gasteiger partial charge is 0.392 e. The summed E-state index contributed by atoms with van der Waals surface area (Å²) >= 11 is 5.97. The Kier molecular flexibility index (Phi) is 4.24. The predicted molar refractivity (Wildman–Crippen MR) is 76.1 cm³/mol. The van der Waals surface area contributed by atoms with Crippen molar-refractivity contribution >= 4 is 28.4 Å². The van der Waals surface area contributed by atoms with Gasteiger partial charge < -0.3 is 15.0 Å². The minimum atomic E-state index is -0.110. The van der Waals surface area contributed by atoms with E-state index >= 15 is 0 Å². The first kappa shape index (κ1) is 13.6. The van der Waals surface area contributed by atoms with E-state index in [0.29, 0.717) is 11.6 Å². The molecule has 1 amide bonds. The highest BCUT2D eigenvalue weighted by atomic mass is 35.5. The summed E-state index contributed by atoms with van der Waals surface area (Å²) in [5.41, 5.74) is 1.62. The zero-order valence-electron chi connectivity index (χ0n) is 10.4. The Bertz CT molecular complexity index is 619. The second-order valence-electron chi connectivity index (χ2n) is 4.19. The van der Waals surface area contributed by atoms with E-state index in [0.717, 1.165) is 16.5 Å². The number of hydrogen-bond donors (Lipinski definition) is 2. The van der Waals surface area contributed by atoms with E-state index in [-0.39, 0.29) is 19.1 Å². The average molecular weight is 279 g/mol. The fourth-order valence-electron chi connectivity index (χ4n) is 1.99. The van der Waals surface area contributed by atoms with Gasteiger partial charge in [-0.25, -0.2) is 0 Å². The van der Waals surface area contributed by atoms with Crippen LogP contribution in [-0.2, 0) is 17.9 Å². The van der Waals surface area contributed by atoms with Gasteiger partial charge >= 0.3 is 0 Å². The van der Waals surface area contributed by atoms with Gasteiger partial charge in [0.1, 0.15) is 6.54 Å². The SMILES string of the molecule is C=CCNC(=O)Cn1cc(CO)c2ccc(Cl)cc21. The number of rotatable bonds is 5. The van der Waals surface area contributed by atoms with Gasteiger partial charge in [-0.3, -0.25) is 4.79 Å². The van der Waals surface area contributed by atoms with Crippen LogP contribution in [0.1, 0.15) is 5.56 Å². The topological polar surface area (TPSA) is 54.3 Å². The van der Waals surface area contributed by atoms with Gasteiger partial charge in [-0.2, -0.15) is 0 Å². The van der Waals surface area contributed by atoms with Crippen molar-refractivity contribution in [2.45, 2.75) is 13.2 Å². The Balaban J connectivity index is 2.34. The van der Waals surface area contributed by atoms with Gasteiger partial charge in [0.05, 0.1) is 12.1 Å². The predicted octanol–water partition coefficient (Wildman–Crippen LogP) is 2.09. The highest BCUT2D eigenvalue weighted by Gasteiger charge is 2.10. The second-order valence-corrected chi connectivity index (χ2v) is 4.63. The van der Waals surface area contributed by atoms with E-state index in [2.05, 4.69) is 11.9 Å². The highest BCUT2D eigenvalue weighted by Crippen LogP contribution is 2.24. The standard InChI is InChI=1S/C14H15ClN2O2/c1-2-5-16-14(19)8-17-7-10(9-18)12-4-3-11(15)6-13(12)17/h2-4,6-7,18H,1,5,8-9H2,(H,16,19). The molecule has 0 spiro atoms. The molecule has 0 bridgehead atoms. The molecule has 2 rings (SSSR count). The molecule has 1 heterocycles. The number of aliphatic hydroxyl groups is 1. The summed E-state index contributed by atoms with van der Waals surface area (Å²) in [6, 6.07) is 5.41. The zero-order valence-corrected chi connectivity index (χ0v) is 11.2. The molecule has 0 fully saturated rings. The van der Waals surface area contributed by atoms with Crippen molar-refractivity contribution in [2.75, 3.05) is 6.54 Å². The number of hydrogen-bond acceptors (Lipinski definition) is 2. The van der Waals surface area contributed by atoms with E-state index in [1.54, 1.807) is 29.0 Å². The Labute approximate surface area is 116 Å². The van der Waals surface area contributed by atoms with Crippen LogP contribution in [0.2, 0.25) is 5.02 Å². The molecule has 19 heavy (non-hydrogen) atoms. The summed E-state index contributed by atoms with van der Waals surface area (Å²) in [5, 5.41) is 13.6. The van der Waals surface area contributed by atoms with Gasteiger partial charge in [-0.1, -0.05) is 23.7 Å². The molecule has 0 saturated carbocycles. The number of benzene rings is 1. The number of fused-ring (bicyclic) bond motifs is 1. The van der Waals surface area contributed by atoms with Gasteiger partial charge in [-0.15, -0.1) is 6.58 Å². The van der Waals surface area contributed by atoms with Crippen LogP contribution in [0.5, 0.6) is 0 Å². The Morgan fingerprint density at radius 2 is 2.32 bits per heavy atom. The summed E-state index contributed by atoms with van der Waals surface area (Å²) < 4.78 is 1.78. The molecule has 0 aliphatic carbocycles. The number of aliphatic hydroxyl groups excluding tert-OH is 1. The fraction of sp³-hybridized carbons (Fsp3) is 0.214. The summed E-state index contributed by atoms with van der Waals surface area (Å²) in [6.45, 7) is 4.10. The highest BCUT2D eigenvalue weighted by molar-refractivity contribution is 6.31. The van der Waals surface area contributed by atoms with Crippen molar-refractivity contribution in [3.8, 4) is 0 Å². The Morgan fingerprint density at radius 3 is 3.00 bits per heavy atom. The Morgan fingerprint density at radius 1 is 1.53 bits per heavy atom. The Hall–Kier alpha value is -1.78. The number of carbonyl (C=O) groups excluding carboxylic acids is 1. The van der Waals surface area contributed by atoms with Crippen molar-refractivity contribution in [2.24, 2.45) is 0 Å². The van der Waals surface area contributed by atoms with Crippen molar-refractivity contribution in [3.05, 3.63) is 47.6 Å². The van der Waals surface area contributed by atoms with E-state index in [9.17, 15) is 9.90 Å². The maximum atomic E-state index is 11.7. The van der Waals surface area contributed by atoms with Gasteiger partial charge in [0, 0.05) is 28.7 Å². The lowest BCUT2D eigenvalue weighted by molar-refractivity contribution is -0.121. The number of nitrogens with zero attached hydrogens (tertiary/aromatic N) is 1. The van der Waals surface area contributed by atoms with Crippen molar-refractivity contribution in [1.82, 2.24) is 9.88 Å². The molecule has 4 nitrogen and oxygen atoms in total. The van der Waals surface area contributed by atoms with Crippen LogP contribution in [0.4, 0.5) is 0 Å². The van der Waals surface area contributed by atoms with Gasteiger partial charge in [0.2, 0.25) is 5.91 Å². The normalized spacial score (nSPS) is 10.6. The second kappa shape index (κ2) is 5.91. The molecular weight excluding hydrogens is 264 g/mol. The first-order chi connectivity index (χ1) is 9.15. The molecule has 0 aliphatic rings. The van der Waals surface area contributed by atoms with Crippen LogP contribution < -0.4 is 5.32 Å². The molecular formula is C14H15ClN2O2. The molecule has 100 valence electrons. The van der Waals surface area contributed by atoms with Crippen molar-refractivity contribution < 1.29 is 9.90 Å². The molecule has 0 aliphatic heterocycles. The van der Waals surface area contributed by atoms with E-state index in [4.69, 9.17) is 11.6 Å². The van der Waals surface area contributed by atoms with Crippen molar-refractivity contribution in [1.29, 1.82) is 0 Å². The number of amides is 1. The zero-order chi connectivity index (χ0) is 13.8. The van der Waals surface area contributed by atoms with Crippen LogP contribution in [0.25, 0.3) is 10.9 Å². The minimum absolute atomic E-state index is 0.0700. The first-order valence-electron chi connectivity index (χ1n) is 5.91. The smallest absolute Gasteiger partial charge is 0.240 e. The van der Waals surface area contributed by atoms with E-state index in [1.165, 1.54) is 0 Å². The lowest BCUT2D eigenvalue weighted by Crippen LogP contribution is -2.27. The van der Waals surface area contributed by atoms with Gasteiger partial charge in [0.15, 0.2) is 0 Å². The number of nitrogens with one attached hydrogen (secondary N) is 1. The van der Waals surface area contributed by atoms with Crippen molar-refractivity contribution in [3.63, 3.8) is 0 Å². The third-order valence-electron chi connectivity index (χ3n) is 2.85. The lowest BCUT2D eigenvalue weighted by atomic mass is 10.2. The quantitative estimate of drug-likeness (QED) is 0.823. The summed E-state index contributed by atoms with van der Waals surface area (Å²) in [6.07, 6.45) is 3.40. The fourth-order valence-corrected chi connectivity index (χ4v) is 2.16. The summed E-state index contributed by atoms with van der Waals surface area (Å²) in [5.74, 6) is -0.110. The maximum absolute atomic E-state index is 11.7. The molecule has 5 heteroatoms. The van der Waals surface area contributed by atoms with Crippen LogP contribution in [0.15, 0.2) is 37.1 Å². The van der Waals surface area contributed by atoms with Crippen LogP contribution in [-0.4, -0.2) is 22.1 Å². The van der Waals surface area contributed by atoms with Crippen LogP contribution in [0, 0.1) is 0 Å². The summed E-state index contributed by atoms with van der Waals surface area (Å²) in [4.78, 5) is 11.7. The summed E-state index contributed by atoms with van der Waals surface area (Å²) in [7, 11) is 0. The number of halogens is 1. The monoisotopic (exact) mass is 278 g/mol. The van der Waals surface area contributed by atoms with Gasteiger partial charge in [0.25, 0.3) is 0 Å². The molecule has 2 N–H and O–H groups in total. The first-order valence-corrected chi connectivity index (χ1v) is 6.29.